The Labute approximate surface area is 116 Å². The van der Waals surface area contributed by atoms with Crippen molar-refractivity contribution in [1.82, 2.24) is 10.6 Å². The largest absolute Gasteiger partial charge is 0.465 e. The Morgan fingerprint density at radius 2 is 2.35 bits per heavy atom. The van der Waals surface area contributed by atoms with Gasteiger partial charge in [0.1, 0.15) is 5.82 Å². The van der Waals surface area contributed by atoms with Crippen molar-refractivity contribution in [1.29, 1.82) is 0 Å². The molecule has 0 spiro atoms. The predicted octanol–water partition coefficient (Wildman–Crippen LogP) is 0.980. The van der Waals surface area contributed by atoms with E-state index in [0.29, 0.717) is 19.5 Å². The van der Waals surface area contributed by atoms with Gasteiger partial charge in [0.05, 0.1) is 12.7 Å². The number of esters is 1. The molecule has 20 heavy (non-hydrogen) atoms. The van der Waals surface area contributed by atoms with Crippen LogP contribution >= 0.6 is 0 Å². The van der Waals surface area contributed by atoms with Crippen LogP contribution in [-0.2, 0) is 16.1 Å². The minimum Gasteiger partial charge on any atom is -0.465 e. The molecule has 1 aromatic rings. The SMILES string of the molecule is COC(=O)c1ccc(CNC2CCC(=O)NC2)cc1F. The Kier molecular flexibility index (Phi) is 4.68. The van der Waals surface area contributed by atoms with Gasteiger partial charge >= 0.3 is 5.97 Å². The first kappa shape index (κ1) is 14.5. The number of amides is 1. The van der Waals surface area contributed by atoms with Crippen LogP contribution < -0.4 is 10.6 Å². The van der Waals surface area contributed by atoms with Crippen LogP contribution in [0, 0.1) is 5.82 Å². The van der Waals surface area contributed by atoms with Crippen LogP contribution in [0.25, 0.3) is 0 Å². The molecule has 1 fully saturated rings. The normalized spacial score (nSPS) is 18.5. The van der Waals surface area contributed by atoms with Crippen molar-refractivity contribution in [3.05, 3.63) is 35.1 Å². The van der Waals surface area contributed by atoms with Gasteiger partial charge in [-0.3, -0.25) is 4.79 Å². The number of piperidine rings is 1. The van der Waals surface area contributed by atoms with Gasteiger partial charge in [-0.1, -0.05) is 6.07 Å². The first-order valence-electron chi connectivity index (χ1n) is 6.47. The summed E-state index contributed by atoms with van der Waals surface area (Å²) in [6, 6.07) is 4.61. The Bertz CT molecular complexity index is 509. The Morgan fingerprint density at radius 3 is 2.95 bits per heavy atom. The summed E-state index contributed by atoms with van der Waals surface area (Å²) in [5.74, 6) is -1.21. The number of nitrogens with one attached hydrogen (secondary N) is 2. The molecule has 2 N–H and O–H groups in total. The minimum atomic E-state index is -0.683. The lowest BCUT2D eigenvalue weighted by Crippen LogP contribution is -2.45. The molecule has 5 nitrogen and oxygen atoms in total. The topological polar surface area (TPSA) is 67.4 Å². The van der Waals surface area contributed by atoms with Crippen LogP contribution in [0.1, 0.15) is 28.8 Å². The molecule has 1 unspecified atom stereocenters. The standard InChI is InChI=1S/C14H17FN2O3/c1-20-14(19)11-4-2-9(6-12(11)15)7-16-10-3-5-13(18)17-8-10/h2,4,6,10,16H,3,5,7-8H2,1H3,(H,17,18). The number of hydrogen-bond acceptors (Lipinski definition) is 4. The van der Waals surface area contributed by atoms with Crippen molar-refractivity contribution >= 4 is 11.9 Å². The highest BCUT2D eigenvalue weighted by Crippen LogP contribution is 2.12. The summed E-state index contributed by atoms with van der Waals surface area (Å²) in [5.41, 5.74) is 0.674. The lowest BCUT2D eigenvalue weighted by Gasteiger charge is -2.23. The average Bonchev–Trinajstić information content (AvgIpc) is 2.46. The van der Waals surface area contributed by atoms with E-state index in [1.54, 1.807) is 6.07 Å². The maximum atomic E-state index is 13.7. The van der Waals surface area contributed by atoms with Gasteiger partial charge < -0.3 is 15.4 Å². The Hall–Kier alpha value is -1.95. The summed E-state index contributed by atoms with van der Waals surface area (Å²) >= 11 is 0. The average molecular weight is 280 g/mol. The summed E-state index contributed by atoms with van der Waals surface area (Å²) in [7, 11) is 1.22. The van der Waals surface area contributed by atoms with Crippen molar-refractivity contribution in [3.8, 4) is 0 Å². The molecule has 0 radical (unpaired) electrons. The van der Waals surface area contributed by atoms with Gasteiger partial charge in [-0.2, -0.15) is 0 Å². The van der Waals surface area contributed by atoms with E-state index in [1.807, 2.05) is 0 Å². The van der Waals surface area contributed by atoms with Crippen LogP contribution in [0.15, 0.2) is 18.2 Å². The molecule has 0 bridgehead atoms. The number of halogens is 1. The third-order valence-electron chi connectivity index (χ3n) is 3.30. The quantitative estimate of drug-likeness (QED) is 0.807. The van der Waals surface area contributed by atoms with E-state index in [1.165, 1.54) is 19.2 Å². The lowest BCUT2D eigenvalue weighted by molar-refractivity contribution is -0.122. The number of rotatable bonds is 4. The number of methoxy groups -OCH3 is 1. The first-order chi connectivity index (χ1) is 9.60. The van der Waals surface area contributed by atoms with Gasteiger partial charge in [-0.25, -0.2) is 9.18 Å². The second-order valence-electron chi connectivity index (χ2n) is 4.73. The molecule has 1 aliphatic rings. The van der Waals surface area contributed by atoms with E-state index >= 15 is 0 Å². The van der Waals surface area contributed by atoms with E-state index in [2.05, 4.69) is 15.4 Å². The van der Waals surface area contributed by atoms with Gasteiger partial charge in [-0.15, -0.1) is 0 Å². The summed E-state index contributed by atoms with van der Waals surface area (Å²) < 4.78 is 18.2. The summed E-state index contributed by atoms with van der Waals surface area (Å²) in [6.07, 6.45) is 1.28. The number of hydrogen-bond donors (Lipinski definition) is 2. The summed E-state index contributed by atoms with van der Waals surface area (Å²) in [6.45, 7) is 1.07. The molecular weight excluding hydrogens is 263 g/mol. The van der Waals surface area contributed by atoms with Gasteiger partial charge in [0.2, 0.25) is 5.91 Å². The number of carbonyl (C=O) groups is 2. The maximum absolute atomic E-state index is 13.7. The van der Waals surface area contributed by atoms with E-state index < -0.39 is 11.8 Å². The Balaban J connectivity index is 1.92. The fourth-order valence-corrected chi connectivity index (χ4v) is 2.11. The van der Waals surface area contributed by atoms with Crippen LogP contribution in [0.4, 0.5) is 4.39 Å². The van der Waals surface area contributed by atoms with E-state index in [0.717, 1.165) is 12.0 Å². The van der Waals surface area contributed by atoms with Crippen molar-refractivity contribution in [3.63, 3.8) is 0 Å². The molecule has 0 saturated carbocycles. The summed E-state index contributed by atoms with van der Waals surface area (Å²) in [5, 5.41) is 6.03. The smallest absolute Gasteiger partial charge is 0.340 e. The number of ether oxygens (including phenoxy) is 1. The van der Waals surface area contributed by atoms with E-state index in [9.17, 15) is 14.0 Å². The molecule has 1 amide bonds. The second kappa shape index (κ2) is 6.47. The van der Waals surface area contributed by atoms with Crippen LogP contribution in [0.5, 0.6) is 0 Å². The minimum absolute atomic E-state index is 0.0662. The molecule has 1 atom stereocenters. The fraction of sp³-hybridized carbons (Fsp3) is 0.429. The van der Waals surface area contributed by atoms with E-state index in [-0.39, 0.29) is 17.5 Å². The second-order valence-corrected chi connectivity index (χ2v) is 4.73. The van der Waals surface area contributed by atoms with Crippen molar-refractivity contribution in [2.75, 3.05) is 13.7 Å². The number of benzene rings is 1. The zero-order valence-electron chi connectivity index (χ0n) is 11.2. The van der Waals surface area contributed by atoms with Crippen molar-refractivity contribution < 1.29 is 18.7 Å². The third kappa shape index (κ3) is 3.54. The zero-order valence-corrected chi connectivity index (χ0v) is 11.2. The van der Waals surface area contributed by atoms with Gasteiger partial charge in [-0.05, 0) is 24.1 Å². The molecule has 6 heteroatoms. The monoisotopic (exact) mass is 280 g/mol. The highest BCUT2D eigenvalue weighted by molar-refractivity contribution is 5.89. The Morgan fingerprint density at radius 1 is 1.55 bits per heavy atom. The molecule has 1 heterocycles. The van der Waals surface area contributed by atoms with Crippen LogP contribution in [0.2, 0.25) is 0 Å². The zero-order chi connectivity index (χ0) is 14.5. The maximum Gasteiger partial charge on any atom is 0.340 e. The van der Waals surface area contributed by atoms with Crippen molar-refractivity contribution in [2.24, 2.45) is 0 Å². The molecule has 1 aromatic carbocycles. The molecule has 1 aliphatic heterocycles. The summed E-state index contributed by atoms with van der Waals surface area (Å²) in [4.78, 5) is 22.3. The van der Waals surface area contributed by atoms with E-state index in [4.69, 9.17) is 0 Å². The molecule has 2 rings (SSSR count). The highest BCUT2D eigenvalue weighted by Gasteiger charge is 2.17. The van der Waals surface area contributed by atoms with Gasteiger partial charge in [0.15, 0.2) is 0 Å². The lowest BCUT2D eigenvalue weighted by atomic mass is 10.1. The molecule has 108 valence electrons. The molecule has 0 aromatic heterocycles. The molecule has 0 aliphatic carbocycles. The van der Waals surface area contributed by atoms with Crippen molar-refractivity contribution in [2.45, 2.75) is 25.4 Å². The predicted molar refractivity (Wildman–Crippen MR) is 70.6 cm³/mol. The highest BCUT2D eigenvalue weighted by atomic mass is 19.1. The molecule has 1 saturated heterocycles. The van der Waals surface area contributed by atoms with Crippen LogP contribution in [0.3, 0.4) is 0 Å². The number of carbonyl (C=O) groups excluding carboxylic acids is 2. The molecular formula is C14H17FN2O3. The fourth-order valence-electron chi connectivity index (χ4n) is 2.11. The van der Waals surface area contributed by atoms with Gasteiger partial charge in [0.25, 0.3) is 0 Å². The third-order valence-corrected chi connectivity index (χ3v) is 3.30. The van der Waals surface area contributed by atoms with Crippen LogP contribution in [-0.4, -0.2) is 31.6 Å². The first-order valence-corrected chi connectivity index (χ1v) is 6.47. The van der Waals surface area contributed by atoms with Gasteiger partial charge in [0, 0.05) is 25.6 Å².